The Morgan fingerprint density at radius 3 is 2.19 bits per heavy atom. The topological polar surface area (TPSA) is 26.3 Å². The molecule has 0 aliphatic rings. The van der Waals surface area contributed by atoms with E-state index in [0.717, 1.165) is 42.3 Å². The van der Waals surface area contributed by atoms with Gasteiger partial charge >= 0.3 is 5.97 Å². The first-order valence-corrected chi connectivity index (χ1v) is 10.2. The SMILES string of the molecule is CCCCCCCCOC(=O)C([SiH3])(CCC)C(C)CCC. The number of carbonyl (C=O) groups excluding carboxylic acids is 1. The van der Waals surface area contributed by atoms with Crippen LogP contribution in [-0.4, -0.2) is 22.8 Å². The molecule has 0 saturated heterocycles. The van der Waals surface area contributed by atoms with Gasteiger partial charge in [-0.25, -0.2) is 0 Å². The summed E-state index contributed by atoms with van der Waals surface area (Å²) in [5.41, 5.74) is 0. The van der Waals surface area contributed by atoms with Crippen LogP contribution in [0.25, 0.3) is 0 Å². The molecule has 0 saturated carbocycles. The lowest BCUT2D eigenvalue weighted by Gasteiger charge is -2.33. The lowest BCUT2D eigenvalue weighted by atomic mass is 9.85. The van der Waals surface area contributed by atoms with Gasteiger partial charge in [-0.2, -0.15) is 0 Å². The van der Waals surface area contributed by atoms with E-state index in [9.17, 15) is 4.79 Å². The predicted octanol–water partition coefficient (Wildman–Crippen LogP) is 4.65. The summed E-state index contributed by atoms with van der Waals surface area (Å²) in [6, 6.07) is 0. The van der Waals surface area contributed by atoms with Crippen molar-refractivity contribution in [3.8, 4) is 0 Å². The van der Waals surface area contributed by atoms with Crippen LogP contribution in [0.4, 0.5) is 0 Å². The number of rotatable bonds is 13. The van der Waals surface area contributed by atoms with E-state index in [1.165, 1.54) is 32.1 Å². The fourth-order valence-electron chi connectivity index (χ4n) is 3.03. The first-order chi connectivity index (χ1) is 10.0. The number of hydrogen-bond acceptors (Lipinski definition) is 2. The standard InChI is InChI=1S/C18H38O2Si/c1-5-8-9-10-11-12-15-20-17(19)18(21,14-7-3)16(4)13-6-2/h16H,5-15H2,1-4,21H3. The molecule has 2 unspecified atom stereocenters. The van der Waals surface area contributed by atoms with Crippen LogP contribution < -0.4 is 0 Å². The second kappa shape index (κ2) is 12.3. The average molecular weight is 315 g/mol. The highest BCUT2D eigenvalue weighted by atomic mass is 28.1. The predicted molar refractivity (Wildman–Crippen MR) is 95.9 cm³/mol. The Bertz CT molecular complexity index is 268. The molecular weight excluding hydrogens is 276 g/mol. The summed E-state index contributed by atoms with van der Waals surface area (Å²) in [6.07, 6.45) is 11.8. The second-order valence-corrected chi connectivity index (χ2v) is 8.55. The fraction of sp³-hybridized carbons (Fsp3) is 0.944. The van der Waals surface area contributed by atoms with Crippen molar-refractivity contribution < 1.29 is 9.53 Å². The van der Waals surface area contributed by atoms with Crippen LogP contribution in [0.1, 0.15) is 91.9 Å². The minimum atomic E-state index is -0.160. The smallest absolute Gasteiger partial charge is 0.308 e. The molecule has 0 radical (unpaired) electrons. The van der Waals surface area contributed by atoms with E-state index in [1.54, 1.807) is 0 Å². The van der Waals surface area contributed by atoms with Crippen molar-refractivity contribution >= 4 is 16.2 Å². The van der Waals surface area contributed by atoms with Gasteiger partial charge in [0.1, 0.15) is 0 Å². The van der Waals surface area contributed by atoms with Crippen molar-refractivity contribution in [1.29, 1.82) is 0 Å². The van der Waals surface area contributed by atoms with Gasteiger partial charge in [0.2, 0.25) is 0 Å². The molecule has 2 atom stereocenters. The van der Waals surface area contributed by atoms with E-state index >= 15 is 0 Å². The maximum Gasteiger partial charge on any atom is 0.308 e. The molecule has 0 aromatic rings. The van der Waals surface area contributed by atoms with Gasteiger partial charge in [-0.1, -0.05) is 79.1 Å². The molecule has 0 fully saturated rings. The molecule has 0 N–H and O–H groups in total. The summed E-state index contributed by atoms with van der Waals surface area (Å²) in [5, 5.41) is -0.160. The van der Waals surface area contributed by atoms with Crippen molar-refractivity contribution in [1.82, 2.24) is 0 Å². The summed E-state index contributed by atoms with van der Waals surface area (Å²) < 4.78 is 5.63. The van der Waals surface area contributed by atoms with Crippen LogP contribution in [0.15, 0.2) is 0 Å². The maximum absolute atomic E-state index is 12.5. The highest BCUT2D eigenvalue weighted by Gasteiger charge is 2.38. The normalized spacial score (nSPS) is 15.6. The van der Waals surface area contributed by atoms with Crippen molar-refractivity contribution in [2.75, 3.05) is 6.61 Å². The zero-order chi connectivity index (χ0) is 16.1. The number of ether oxygens (including phenoxy) is 1. The van der Waals surface area contributed by atoms with Crippen LogP contribution in [0.5, 0.6) is 0 Å². The Hall–Kier alpha value is -0.313. The number of carbonyl (C=O) groups is 1. The molecule has 0 aliphatic carbocycles. The molecular formula is C18H38O2Si. The van der Waals surface area contributed by atoms with Crippen LogP contribution >= 0.6 is 0 Å². The summed E-state index contributed by atoms with van der Waals surface area (Å²) in [5.74, 6) is 0.552. The van der Waals surface area contributed by atoms with E-state index < -0.39 is 0 Å². The minimum absolute atomic E-state index is 0.0884. The van der Waals surface area contributed by atoms with E-state index in [-0.39, 0.29) is 11.0 Å². The molecule has 0 aromatic heterocycles. The Balaban J connectivity index is 4.12. The summed E-state index contributed by atoms with van der Waals surface area (Å²) in [6.45, 7) is 9.46. The Morgan fingerprint density at radius 1 is 1.00 bits per heavy atom. The molecule has 2 nitrogen and oxygen atoms in total. The molecule has 0 spiro atoms. The Labute approximate surface area is 135 Å². The minimum Gasteiger partial charge on any atom is -0.466 e. The van der Waals surface area contributed by atoms with Crippen LogP contribution in [-0.2, 0) is 9.53 Å². The van der Waals surface area contributed by atoms with Crippen LogP contribution in [0.3, 0.4) is 0 Å². The van der Waals surface area contributed by atoms with E-state index in [1.807, 2.05) is 0 Å². The molecule has 0 rings (SSSR count). The third-order valence-electron chi connectivity index (χ3n) is 4.78. The van der Waals surface area contributed by atoms with Gasteiger partial charge in [-0.05, 0) is 18.8 Å². The highest BCUT2D eigenvalue weighted by Crippen LogP contribution is 2.41. The first kappa shape index (κ1) is 20.7. The van der Waals surface area contributed by atoms with E-state index in [4.69, 9.17) is 4.74 Å². The van der Waals surface area contributed by atoms with Crippen molar-refractivity contribution in [3.63, 3.8) is 0 Å². The van der Waals surface area contributed by atoms with Crippen molar-refractivity contribution in [2.45, 2.75) is 96.9 Å². The zero-order valence-electron chi connectivity index (χ0n) is 15.2. The number of unbranched alkanes of at least 4 members (excludes halogenated alkanes) is 5. The molecule has 0 aliphatic heterocycles. The summed E-state index contributed by atoms with van der Waals surface area (Å²) in [7, 11) is 0.906. The van der Waals surface area contributed by atoms with Gasteiger partial charge in [-0.15, -0.1) is 0 Å². The average Bonchev–Trinajstić information content (AvgIpc) is 2.46. The monoisotopic (exact) mass is 314 g/mol. The highest BCUT2D eigenvalue weighted by molar-refractivity contribution is 6.27. The lowest BCUT2D eigenvalue weighted by molar-refractivity contribution is -0.149. The maximum atomic E-state index is 12.5. The van der Waals surface area contributed by atoms with Crippen LogP contribution in [0, 0.1) is 5.92 Å². The molecule has 21 heavy (non-hydrogen) atoms. The molecule has 0 bridgehead atoms. The quantitative estimate of drug-likeness (QED) is 0.281. The van der Waals surface area contributed by atoms with E-state index in [0.29, 0.717) is 12.5 Å². The third kappa shape index (κ3) is 8.03. The Morgan fingerprint density at radius 2 is 1.62 bits per heavy atom. The molecule has 0 heterocycles. The van der Waals surface area contributed by atoms with Crippen molar-refractivity contribution in [2.24, 2.45) is 5.92 Å². The summed E-state index contributed by atoms with van der Waals surface area (Å²) >= 11 is 0. The van der Waals surface area contributed by atoms with E-state index in [2.05, 4.69) is 27.7 Å². The molecule has 0 amide bonds. The van der Waals surface area contributed by atoms with Gasteiger partial charge in [0.05, 0.1) is 11.6 Å². The Kier molecular flexibility index (Phi) is 12.1. The van der Waals surface area contributed by atoms with Gasteiger partial charge in [0, 0.05) is 10.2 Å². The van der Waals surface area contributed by atoms with Gasteiger partial charge < -0.3 is 4.74 Å². The van der Waals surface area contributed by atoms with Crippen molar-refractivity contribution in [3.05, 3.63) is 0 Å². The second-order valence-electron chi connectivity index (χ2n) is 6.76. The van der Waals surface area contributed by atoms with Crippen LogP contribution in [0.2, 0.25) is 5.04 Å². The molecule has 126 valence electrons. The fourth-order valence-corrected chi connectivity index (χ4v) is 3.97. The van der Waals surface area contributed by atoms with Gasteiger partial charge in [0.15, 0.2) is 0 Å². The molecule has 3 heteroatoms. The number of hydrogen-bond donors (Lipinski definition) is 0. The van der Waals surface area contributed by atoms with Gasteiger partial charge in [0.25, 0.3) is 0 Å². The molecule has 0 aromatic carbocycles. The largest absolute Gasteiger partial charge is 0.466 e. The number of esters is 1. The van der Waals surface area contributed by atoms with Gasteiger partial charge in [-0.3, -0.25) is 4.79 Å². The summed E-state index contributed by atoms with van der Waals surface area (Å²) in [4.78, 5) is 12.5. The zero-order valence-corrected chi connectivity index (χ0v) is 17.2. The lowest BCUT2D eigenvalue weighted by Crippen LogP contribution is -2.33. The third-order valence-corrected chi connectivity index (χ3v) is 6.67. The first-order valence-electron chi connectivity index (χ1n) is 9.20.